The maximum absolute atomic E-state index is 14.2. The first-order valence-electron chi connectivity index (χ1n) is 25.0. The second kappa shape index (κ2) is 31.6. The summed E-state index contributed by atoms with van der Waals surface area (Å²) in [7, 11) is 1.41. The summed E-state index contributed by atoms with van der Waals surface area (Å²) in [5, 5.41) is 31.9. The molecule has 0 bridgehead atoms. The average Bonchev–Trinajstić information content (AvgIpc) is 4.04. The zero-order valence-corrected chi connectivity index (χ0v) is 43.8. The summed E-state index contributed by atoms with van der Waals surface area (Å²) in [6.45, 7) is 13.2. The maximum atomic E-state index is 14.2. The number of hydrogen-bond donors (Lipinski definition) is 12. The van der Waals surface area contributed by atoms with Gasteiger partial charge in [-0.3, -0.25) is 52.9 Å². The third-order valence-corrected chi connectivity index (χ3v) is 12.2. The van der Waals surface area contributed by atoms with Crippen molar-refractivity contribution in [3.8, 4) is 0 Å². The molecule has 0 unspecified atom stereocenters. The Morgan fingerprint density at radius 3 is 2.00 bits per heavy atom. The van der Waals surface area contributed by atoms with E-state index < -0.39 is 108 Å². The SMILES string of the molecule is CCC[C@H](NC(=O)[C@@H](NC(=O)[C@@H](CC(C)C)NC(=O)[C@H](Cc1cnc[nH]1)NC(=O)CNC(=O)CN(C)C(C)=O)[C@@H](C)O)C(=O)N[C@H](C(=O)N[C@@H](CCCN=C(N)N)C(=O)N1CCC[C@H]1C(=O)NCC)[C@@H](C)CC. The Labute approximate surface area is 427 Å². The molecule has 1 aliphatic heterocycles. The molecule has 1 aliphatic rings. The van der Waals surface area contributed by atoms with Crippen molar-refractivity contribution < 1.29 is 53.1 Å². The quantitative estimate of drug-likeness (QED) is 0.0199. The highest BCUT2D eigenvalue weighted by Crippen LogP contribution is 2.21. The van der Waals surface area contributed by atoms with Gasteiger partial charge < -0.3 is 73.9 Å². The molecule has 14 N–H and O–H groups in total. The predicted octanol–water partition coefficient (Wildman–Crippen LogP) is -3.09. The molecule has 0 aromatic carbocycles. The number of aliphatic imine (C=N–C) groups is 1. The van der Waals surface area contributed by atoms with E-state index in [1.807, 2.05) is 6.92 Å². The number of rotatable bonds is 31. The molecular weight excluding hydrogens is 951 g/mol. The molecule has 9 atom stereocenters. The van der Waals surface area contributed by atoms with Crippen molar-refractivity contribution in [2.75, 3.05) is 39.8 Å². The minimum Gasteiger partial charge on any atom is -0.391 e. The van der Waals surface area contributed by atoms with Crippen LogP contribution in [0.25, 0.3) is 0 Å². The lowest BCUT2D eigenvalue weighted by molar-refractivity contribution is -0.142. The molecule has 10 amide bonds. The van der Waals surface area contributed by atoms with E-state index in [1.54, 1.807) is 34.6 Å². The zero-order valence-electron chi connectivity index (χ0n) is 43.8. The number of nitrogens with zero attached hydrogens (tertiary/aromatic N) is 4. The van der Waals surface area contributed by atoms with E-state index in [0.717, 1.165) is 4.90 Å². The number of aromatic amines is 1. The van der Waals surface area contributed by atoms with Gasteiger partial charge in [0.05, 0.1) is 25.5 Å². The molecule has 0 spiro atoms. The molecule has 0 saturated carbocycles. The summed E-state index contributed by atoms with van der Waals surface area (Å²) >= 11 is 0. The van der Waals surface area contributed by atoms with E-state index in [2.05, 4.69) is 57.5 Å². The molecule has 2 heterocycles. The zero-order chi connectivity index (χ0) is 54.9. The van der Waals surface area contributed by atoms with Gasteiger partial charge in [-0.2, -0.15) is 0 Å². The Kier molecular flexibility index (Phi) is 26.9. The number of aromatic nitrogens is 2. The molecule has 0 radical (unpaired) electrons. The predicted molar refractivity (Wildman–Crippen MR) is 269 cm³/mol. The molecule has 26 nitrogen and oxygen atoms in total. The number of guanidine groups is 1. The van der Waals surface area contributed by atoms with E-state index in [1.165, 1.54) is 38.3 Å². The molecule has 73 heavy (non-hydrogen) atoms. The highest BCUT2D eigenvalue weighted by Gasteiger charge is 2.40. The first-order valence-corrected chi connectivity index (χ1v) is 25.0. The number of hydrogen-bond acceptors (Lipinski definition) is 13. The van der Waals surface area contributed by atoms with E-state index in [4.69, 9.17) is 11.5 Å². The number of imidazole rings is 1. The maximum Gasteiger partial charge on any atom is 0.245 e. The van der Waals surface area contributed by atoms with Crippen LogP contribution in [0.3, 0.4) is 0 Å². The van der Waals surface area contributed by atoms with Crippen LogP contribution >= 0.6 is 0 Å². The minimum absolute atomic E-state index is 0.0472. The second-order valence-corrected chi connectivity index (χ2v) is 18.8. The van der Waals surface area contributed by atoms with Crippen molar-refractivity contribution in [2.24, 2.45) is 28.3 Å². The number of nitrogens with two attached hydrogens (primary N) is 2. The fraction of sp³-hybridized carbons (Fsp3) is 0.702. The smallest absolute Gasteiger partial charge is 0.245 e. The van der Waals surface area contributed by atoms with Crippen LogP contribution in [0, 0.1) is 11.8 Å². The number of nitrogens with one attached hydrogen (secondary N) is 9. The first kappa shape index (κ1) is 62.3. The number of aliphatic hydroxyl groups is 1. The highest BCUT2D eigenvalue weighted by atomic mass is 16.3. The van der Waals surface area contributed by atoms with Crippen LogP contribution in [0.2, 0.25) is 0 Å². The van der Waals surface area contributed by atoms with Crippen molar-refractivity contribution >= 4 is 65.0 Å². The van der Waals surface area contributed by atoms with Gasteiger partial charge in [0.1, 0.15) is 42.3 Å². The standard InChI is InChI=1S/C47H81N15O11/c1-10-15-31(40(67)59-38(27(6)11-2)44(71)57-32(16-13-18-52-47(48)49)46(73)62-19-14-17-35(62)43(70)51-12-3)56-45(72)39(28(7)63)60-42(69)33(20-26(4)5)58-41(68)34(21-30-22-50-25-54-30)55-36(65)23-53-37(66)24-61(9)29(8)64/h22,25-28,31-35,38-39,63H,10-21,23-24H2,1-9H3,(H,50,54)(H,51,70)(H,53,66)(H,55,65)(H,56,72)(H,57,71)(H,58,68)(H,59,67)(H,60,69)(H4,48,49,52)/t27-,28+,31-,32-,33+,34-,35-,38-,39-/m0/s1. The van der Waals surface area contributed by atoms with Crippen LogP contribution in [-0.2, 0) is 54.4 Å². The van der Waals surface area contributed by atoms with Crippen molar-refractivity contribution in [3.63, 3.8) is 0 Å². The minimum atomic E-state index is -1.65. The lowest BCUT2D eigenvalue weighted by atomic mass is 9.96. The molecule has 1 aromatic heterocycles. The molecule has 1 aromatic rings. The van der Waals surface area contributed by atoms with Gasteiger partial charge in [-0.1, -0.05) is 47.5 Å². The normalized spacial score (nSPS) is 16.4. The van der Waals surface area contributed by atoms with Crippen LogP contribution in [0.4, 0.5) is 0 Å². The number of aliphatic hydroxyl groups excluding tert-OH is 1. The van der Waals surface area contributed by atoms with E-state index in [9.17, 15) is 53.1 Å². The van der Waals surface area contributed by atoms with Crippen LogP contribution < -0.4 is 54.0 Å². The second-order valence-electron chi connectivity index (χ2n) is 18.8. The number of amides is 10. The summed E-state index contributed by atoms with van der Waals surface area (Å²) in [5.74, 6) is -7.40. The van der Waals surface area contributed by atoms with Crippen molar-refractivity contribution in [2.45, 2.75) is 162 Å². The van der Waals surface area contributed by atoms with Crippen molar-refractivity contribution in [1.29, 1.82) is 0 Å². The highest BCUT2D eigenvalue weighted by molar-refractivity contribution is 5.98. The Hall–Kier alpha value is -6.86. The summed E-state index contributed by atoms with van der Waals surface area (Å²) in [6, 6.07) is -8.56. The molecule has 1 saturated heterocycles. The monoisotopic (exact) mass is 1030 g/mol. The van der Waals surface area contributed by atoms with Gasteiger partial charge in [-0.05, 0) is 64.2 Å². The first-order chi connectivity index (χ1) is 34.4. The number of carbonyl (C=O) groups is 10. The summed E-state index contributed by atoms with van der Waals surface area (Å²) in [6.07, 6.45) is 3.51. The van der Waals surface area contributed by atoms with Gasteiger partial charge in [0.25, 0.3) is 0 Å². The molecular formula is C47H81N15O11. The van der Waals surface area contributed by atoms with Gasteiger partial charge in [-0.25, -0.2) is 4.98 Å². The number of likely N-dealkylation sites (N-methyl/N-ethyl adjacent to an activating group) is 2. The average molecular weight is 1030 g/mol. The van der Waals surface area contributed by atoms with E-state index in [-0.39, 0.29) is 62.5 Å². The Bertz CT molecular complexity index is 2050. The van der Waals surface area contributed by atoms with Crippen LogP contribution in [0.15, 0.2) is 17.5 Å². The summed E-state index contributed by atoms with van der Waals surface area (Å²) in [4.78, 5) is 147. The summed E-state index contributed by atoms with van der Waals surface area (Å²) in [5.41, 5.74) is 11.4. The topological polar surface area (TPSA) is 387 Å². The lowest BCUT2D eigenvalue weighted by Crippen LogP contribution is -2.62. The molecule has 1 fully saturated rings. The Morgan fingerprint density at radius 1 is 0.808 bits per heavy atom. The van der Waals surface area contributed by atoms with Crippen LogP contribution in [0.1, 0.15) is 112 Å². The fourth-order valence-electron chi connectivity index (χ4n) is 7.86. The number of H-pyrrole nitrogens is 1. The fourth-order valence-corrected chi connectivity index (χ4v) is 7.86. The lowest BCUT2D eigenvalue weighted by Gasteiger charge is -2.31. The number of carbonyl (C=O) groups excluding carboxylic acids is 10. The van der Waals surface area contributed by atoms with E-state index in [0.29, 0.717) is 50.9 Å². The molecule has 410 valence electrons. The van der Waals surface area contributed by atoms with Gasteiger partial charge in [-0.15, -0.1) is 0 Å². The van der Waals surface area contributed by atoms with Gasteiger partial charge in [0.2, 0.25) is 59.1 Å². The van der Waals surface area contributed by atoms with Gasteiger partial charge >= 0.3 is 0 Å². The van der Waals surface area contributed by atoms with Gasteiger partial charge in [0, 0.05) is 51.9 Å². The van der Waals surface area contributed by atoms with Crippen molar-refractivity contribution in [3.05, 3.63) is 18.2 Å². The largest absolute Gasteiger partial charge is 0.391 e. The van der Waals surface area contributed by atoms with Crippen LogP contribution in [-0.4, -0.2) is 178 Å². The molecule has 26 heteroatoms. The number of likely N-dealkylation sites (tertiary alicyclic amines) is 1. The third kappa shape index (κ3) is 21.4. The molecule has 0 aliphatic carbocycles. The van der Waals surface area contributed by atoms with Gasteiger partial charge in [0.15, 0.2) is 5.96 Å². The van der Waals surface area contributed by atoms with Crippen LogP contribution in [0.5, 0.6) is 0 Å². The molecule has 2 rings (SSSR count). The summed E-state index contributed by atoms with van der Waals surface area (Å²) < 4.78 is 0. The van der Waals surface area contributed by atoms with Crippen molar-refractivity contribution in [1.82, 2.24) is 62.3 Å². The Morgan fingerprint density at radius 2 is 1.42 bits per heavy atom. The Balaban J connectivity index is 2.31. The third-order valence-electron chi connectivity index (χ3n) is 12.2. The van der Waals surface area contributed by atoms with E-state index >= 15 is 0 Å².